The first-order chi connectivity index (χ1) is 14.7. The van der Waals surface area contributed by atoms with Crippen LogP contribution in [0.15, 0.2) is 109 Å². The van der Waals surface area contributed by atoms with Gasteiger partial charge in [0.2, 0.25) is 6.43 Å². The second-order valence-corrected chi connectivity index (χ2v) is 10.5. The quantitative estimate of drug-likeness (QED) is 0.306. The summed E-state index contributed by atoms with van der Waals surface area (Å²) < 4.78 is 0. The lowest BCUT2D eigenvalue weighted by Gasteiger charge is -2.24. The van der Waals surface area contributed by atoms with Crippen LogP contribution in [0.2, 0.25) is 0 Å². The highest BCUT2D eigenvalue weighted by Gasteiger charge is 2.23. The highest BCUT2D eigenvalue weighted by Crippen LogP contribution is 2.34. The van der Waals surface area contributed by atoms with Gasteiger partial charge in [-0.2, -0.15) is 9.12 Å². The van der Waals surface area contributed by atoms with Gasteiger partial charge in [-0.15, -0.1) is 0 Å². The molecule has 0 N–H and O–H groups in total. The molecule has 0 radical (unpaired) electrons. The summed E-state index contributed by atoms with van der Waals surface area (Å²) in [6.45, 7) is 4.73. The summed E-state index contributed by atoms with van der Waals surface area (Å²) in [5, 5.41) is 2.90. The molecule has 0 amide bonds. The van der Waals surface area contributed by atoms with E-state index in [0.29, 0.717) is 5.92 Å². The largest absolute Gasteiger partial charge is 0.231 e. The molecule has 0 spiro atoms. The molecule has 0 aromatic heterocycles. The average Bonchev–Trinajstić information content (AvgIpc) is 2.84. The van der Waals surface area contributed by atoms with Crippen LogP contribution in [0.25, 0.3) is 0 Å². The fourth-order valence-electron chi connectivity index (χ4n) is 4.15. The van der Waals surface area contributed by atoms with Gasteiger partial charge >= 0.3 is 0 Å². The van der Waals surface area contributed by atoms with E-state index in [1.807, 2.05) is 0 Å². The van der Waals surface area contributed by atoms with Crippen LogP contribution in [0.4, 0.5) is 0 Å². The molecule has 0 saturated heterocycles. The summed E-state index contributed by atoms with van der Waals surface area (Å²) in [6, 6.07) is 39.6. The van der Waals surface area contributed by atoms with Crippen molar-refractivity contribution in [2.24, 2.45) is 0 Å². The van der Waals surface area contributed by atoms with E-state index in [9.17, 15) is 0 Å². The van der Waals surface area contributed by atoms with Crippen LogP contribution < -0.4 is 21.5 Å². The normalized spacial score (nSPS) is 12.9. The van der Waals surface area contributed by atoms with Gasteiger partial charge in [0.05, 0.1) is 0 Å². The Morgan fingerprint density at radius 1 is 0.667 bits per heavy atom. The maximum Gasteiger partial charge on any atom is 0.231 e. The minimum atomic E-state index is -0.388. The van der Waals surface area contributed by atoms with Gasteiger partial charge in [-0.25, -0.2) is 0 Å². The van der Waals surface area contributed by atoms with Crippen LogP contribution in [0.1, 0.15) is 24.0 Å². The predicted molar refractivity (Wildman–Crippen MR) is 140 cm³/mol. The van der Waals surface area contributed by atoms with Crippen molar-refractivity contribution in [3.63, 3.8) is 0 Å². The van der Waals surface area contributed by atoms with E-state index in [0.717, 1.165) is 0 Å². The summed E-state index contributed by atoms with van der Waals surface area (Å²) in [5.74, 6) is 0.331. The first-order valence-electron chi connectivity index (χ1n) is 10.4. The third-order valence-electron chi connectivity index (χ3n) is 5.86. The first-order valence-corrected chi connectivity index (χ1v) is 12.9. The molecule has 0 nitrogen and oxygen atoms in total. The molecule has 4 aromatic rings. The Kier molecular flexibility index (Phi) is 6.84. The minimum absolute atomic E-state index is 0.286. The van der Waals surface area contributed by atoms with Crippen molar-refractivity contribution in [2.75, 3.05) is 6.66 Å². The van der Waals surface area contributed by atoms with Crippen LogP contribution in [0.5, 0.6) is 0 Å². The Labute approximate surface area is 184 Å². The third-order valence-corrected chi connectivity index (χ3v) is 8.81. The highest BCUT2D eigenvalue weighted by molar-refractivity contribution is 7.72. The molecule has 30 heavy (non-hydrogen) atoms. The summed E-state index contributed by atoms with van der Waals surface area (Å²) in [5.41, 5.74) is 5.56. The lowest BCUT2D eigenvalue weighted by molar-refractivity contribution is 0.937. The Morgan fingerprint density at radius 2 is 1.20 bits per heavy atom. The molecule has 0 fully saturated rings. The van der Waals surface area contributed by atoms with E-state index in [1.165, 1.54) is 32.7 Å². The van der Waals surface area contributed by atoms with Crippen LogP contribution in [-0.4, -0.2) is 13.1 Å². The van der Waals surface area contributed by atoms with E-state index in [1.54, 1.807) is 0 Å². The molecule has 0 heterocycles. The van der Waals surface area contributed by atoms with Crippen molar-refractivity contribution in [1.29, 1.82) is 0 Å². The SMILES string of the molecule is CC(c1ccccc1B(P)c1ccccc1)c1ccccc1P(C)c1ccccc1. The molecule has 0 bridgehead atoms. The zero-order valence-corrected chi connectivity index (χ0v) is 19.6. The van der Waals surface area contributed by atoms with Crippen molar-refractivity contribution >= 4 is 45.0 Å². The smallest absolute Gasteiger partial charge is 0.161 e. The molecule has 3 unspecified atom stereocenters. The highest BCUT2D eigenvalue weighted by atomic mass is 31.1. The van der Waals surface area contributed by atoms with E-state index in [2.05, 4.69) is 132 Å². The first kappa shape index (κ1) is 21.1. The Morgan fingerprint density at radius 3 is 1.90 bits per heavy atom. The third kappa shape index (κ3) is 4.44. The molecule has 3 atom stereocenters. The van der Waals surface area contributed by atoms with Crippen LogP contribution in [0.3, 0.4) is 0 Å². The van der Waals surface area contributed by atoms with Gasteiger partial charge in [0, 0.05) is 5.92 Å². The van der Waals surface area contributed by atoms with Crippen LogP contribution in [0, 0.1) is 0 Å². The lowest BCUT2D eigenvalue weighted by atomic mass is 9.59. The van der Waals surface area contributed by atoms with Gasteiger partial charge in [0.25, 0.3) is 0 Å². The molecule has 4 rings (SSSR count). The van der Waals surface area contributed by atoms with E-state index in [-0.39, 0.29) is 14.4 Å². The molecule has 4 aromatic carbocycles. The molecular weight excluding hydrogens is 397 g/mol. The zero-order valence-electron chi connectivity index (χ0n) is 17.6. The molecule has 0 aliphatic carbocycles. The van der Waals surface area contributed by atoms with E-state index in [4.69, 9.17) is 0 Å². The van der Waals surface area contributed by atoms with Crippen LogP contribution >= 0.6 is 17.0 Å². The predicted octanol–water partition coefficient (Wildman–Crippen LogP) is 4.88. The number of rotatable bonds is 6. The summed E-state index contributed by atoms with van der Waals surface area (Å²) in [4.78, 5) is 0. The van der Waals surface area contributed by atoms with Gasteiger partial charge in [-0.1, -0.05) is 127 Å². The van der Waals surface area contributed by atoms with E-state index < -0.39 is 0 Å². The Balaban J connectivity index is 1.74. The summed E-state index contributed by atoms with van der Waals surface area (Å²) in [6.07, 6.45) is 0.286. The Bertz CT molecular complexity index is 1010. The van der Waals surface area contributed by atoms with Gasteiger partial charge < -0.3 is 0 Å². The standard InChI is InChI=1S/C27H27BP2/c1-21(24-17-9-11-19-26(24)28(29)22-13-5-3-6-14-22)25-18-10-12-20-27(25)30(2)23-15-7-4-8-16-23/h3-21H,29H2,1-2H3. The second-order valence-electron chi connectivity index (χ2n) is 7.69. The lowest BCUT2D eigenvalue weighted by Crippen LogP contribution is -2.39. The molecule has 0 saturated carbocycles. The molecule has 0 aliphatic heterocycles. The fraction of sp³-hybridized carbons (Fsp3) is 0.111. The maximum atomic E-state index is 3.06. The van der Waals surface area contributed by atoms with Crippen molar-refractivity contribution in [2.45, 2.75) is 12.8 Å². The van der Waals surface area contributed by atoms with Crippen LogP contribution in [-0.2, 0) is 0 Å². The monoisotopic (exact) mass is 424 g/mol. The summed E-state index contributed by atoms with van der Waals surface area (Å²) >= 11 is 0. The topological polar surface area (TPSA) is 0 Å². The maximum absolute atomic E-state index is 3.06. The van der Waals surface area contributed by atoms with Gasteiger partial charge in [0.15, 0.2) is 0 Å². The minimum Gasteiger partial charge on any atom is -0.161 e. The second kappa shape index (κ2) is 9.74. The van der Waals surface area contributed by atoms with Crippen molar-refractivity contribution in [3.8, 4) is 0 Å². The molecule has 3 heteroatoms. The summed E-state index contributed by atoms with van der Waals surface area (Å²) in [7, 11) is 2.67. The number of hydrogen-bond acceptors (Lipinski definition) is 0. The van der Waals surface area contributed by atoms with Gasteiger partial charge in [0.1, 0.15) is 0 Å². The number of benzene rings is 4. The fourth-order valence-corrected chi connectivity index (χ4v) is 6.53. The van der Waals surface area contributed by atoms with Crippen molar-refractivity contribution < 1.29 is 0 Å². The molecule has 0 aliphatic rings. The number of hydrogen-bond donors (Lipinski definition) is 0. The van der Waals surface area contributed by atoms with Crippen molar-refractivity contribution in [1.82, 2.24) is 0 Å². The Hall–Kier alpha value is -2.20. The molecular formula is C27H27BP2. The molecule has 148 valence electrons. The zero-order chi connectivity index (χ0) is 20.9. The average molecular weight is 424 g/mol. The van der Waals surface area contributed by atoms with Crippen molar-refractivity contribution in [3.05, 3.63) is 120 Å². The van der Waals surface area contributed by atoms with Gasteiger partial charge in [-0.05, 0) is 36.3 Å². The van der Waals surface area contributed by atoms with E-state index >= 15 is 0 Å². The van der Waals surface area contributed by atoms with Gasteiger partial charge in [-0.3, -0.25) is 0 Å².